The van der Waals surface area contributed by atoms with Gasteiger partial charge >= 0.3 is 0 Å². The average molecular weight is 219 g/mol. The summed E-state index contributed by atoms with van der Waals surface area (Å²) in [6.07, 6.45) is 0.975. The lowest BCUT2D eigenvalue weighted by Gasteiger charge is -2.45. The molecule has 1 aromatic carbocycles. The van der Waals surface area contributed by atoms with Gasteiger partial charge in [-0.05, 0) is 32.8 Å². The third-order valence-corrected chi connectivity index (χ3v) is 3.21. The fourth-order valence-electron chi connectivity index (χ4n) is 2.50. The zero-order valence-corrected chi connectivity index (χ0v) is 10.4. The quantitative estimate of drug-likeness (QED) is 0.847. The molecule has 0 spiro atoms. The van der Waals surface area contributed by atoms with Crippen LogP contribution in [0.4, 0.5) is 0 Å². The number of hydrogen-bond donors (Lipinski definition) is 1. The Hall–Kier alpha value is -0.860. The minimum Gasteiger partial charge on any atom is -0.379 e. The molecule has 0 aromatic heterocycles. The Bertz CT molecular complexity index is 357. The Kier molecular flexibility index (Phi) is 2.81. The van der Waals surface area contributed by atoms with Gasteiger partial charge in [0, 0.05) is 11.0 Å². The van der Waals surface area contributed by atoms with Gasteiger partial charge in [-0.3, -0.25) is 0 Å². The minimum absolute atomic E-state index is 0.144. The van der Waals surface area contributed by atoms with Crippen molar-refractivity contribution in [3.05, 3.63) is 35.4 Å². The van der Waals surface area contributed by atoms with Crippen LogP contribution in [0, 0.1) is 6.92 Å². The fourth-order valence-corrected chi connectivity index (χ4v) is 2.50. The molecule has 0 aliphatic carbocycles. The fraction of sp³-hybridized carbons (Fsp3) is 0.571. The smallest absolute Gasteiger partial charge is 0.0586 e. The first-order valence-electron chi connectivity index (χ1n) is 5.85. The Balaban J connectivity index is 2.24. The van der Waals surface area contributed by atoms with Crippen LogP contribution in [0.25, 0.3) is 0 Å². The zero-order chi connectivity index (χ0) is 11.8. The summed E-state index contributed by atoms with van der Waals surface area (Å²) in [5, 5.41) is 0. The van der Waals surface area contributed by atoms with Crippen molar-refractivity contribution in [2.24, 2.45) is 5.73 Å². The molecule has 88 valence electrons. The zero-order valence-electron chi connectivity index (χ0n) is 10.4. The van der Waals surface area contributed by atoms with E-state index in [2.05, 4.69) is 45.0 Å². The molecule has 2 N–H and O–H groups in total. The third-order valence-electron chi connectivity index (χ3n) is 3.21. The number of rotatable bonds is 3. The van der Waals surface area contributed by atoms with Gasteiger partial charge in [-0.15, -0.1) is 0 Å². The van der Waals surface area contributed by atoms with E-state index in [0.717, 1.165) is 19.6 Å². The van der Waals surface area contributed by atoms with Gasteiger partial charge in [0.25, 0.3) is 0 Å². The first-order valence-corrected chi connectivity index (χ1v) is 5.85. The summed E-state index contributed by atoms with van der Waals surface area (Å²) in [4.78, 5) is 0. The molecule has 2 heteroatoms. The molecule has 0 amide bonds. The second kappa shape index (κ2) is 3.86. The third kappa shape index (κ3) is 2.28. The van der Waals surface area contributed by atoms with Crippen LogP contribution in [0.15, 0.2) is 24.3 Å². The highest BCUT2D eigenvalue weighted by Crippen LogP contribution is 2.38. The van der Waals surface area contributed by atoms with E-state index in [4.69, 9.17) is 10.5 Å². The summed E-state index contributed by atoms with van der Waals surface area (Å²) in [6, 6.07) is 8.75. The Morgan fingerprint density at radius 2 is 1.81 bits per heavy atom. The van der Waals surface area contributed by atoms with Crippen LogP contribution in [-0.4, -0.2) is 18.8 Å². The van der Waals surface area contributed by atoms with Crippen LogP contribution in [0.1, 0.15) is 31.4 Å². The molecule has 0 radical (unpaired) electrons. The number of nitrogens with two attached hydrogens (primary N) is 1. The van der Waals surface area contributed by atoms with Gasteiger partial charge in [0.15, 0.2) is 0 Å². The van der Waals surface area contributed by atoms with Gasteiger partial charge in [0.05, 0.1) is 13.2 Å². The molecule has 0 unspecified atom stereocenters. The van der Waals surface area contributed by atoms with E-state index in [9.17, 15) is 0 Å². The lowest BCUT2D eigenvalue weighted by molar-refractivity contribution is -0.0719. The summed E-state index contributed by atoms with van der Waals surface area (Å²) >= 11 is 0. The summed E-state index contributed by atoms with van der Waals surface area (Å²) in [6.45, 7) is 7.89. The number of aryl methyl sites for hydroxylation is 1. The van der Waals surface area contributed by atoms with Crippen LogP contribution < -0.4 is 5.73 Å². The maximum atomic E-state index is 6.14. The minimum atomic E-state index is -0.144. The van der Waals surface area contributed by atoms with Gasteiger partial charge in [-0.25, -0.2) is 0 Å². The van der Waals surface area contributed by atoms with Gasteiger partial charge in [-0.1, -0.05) is 29.8 Å². The number of ether oxygens (including phenoxy) is 1. The molecule has 1 fully saturated rings. The molecule has 1 aliphatic heterocycles. The largest absolute Gasteiger partial charge is 0.379 e. The molecule has 1 aliphatic rings. The molecule has 1 aromatic rings. The van der Waals surface area contributed by atoms with Crippen molar-refractivity contribution in [1.82, 2.24) is 0 Å². The first kappa shape index (κ1) is 11.6. The highest BCUT2D eigenvalue weighted by Gasteiger charge is 2.43. The van der Waals surface area contributed by atoms with Crippen LogP contribution in [0.5, 0.6) is 0 Å². The lowest BCUT2D eigenvalue weighted by Crippen LogP contribution is -2.53. The highest BCUT2D eigenvalue weighted by atomic mass is 16.5. The second-order valence-electron chi connectivity index (χ2n) is 5.80. The monoisotopic (exact) mass is 219 g/mol. The van der Waals surface area contributed by atoms with Crippen LogP contribution >= 0.6 is 0 Å². The summed E-state index contributed by atoms with van der Waals surface area (Å²) in [5.41, 5.74) is 8.80. The predicted molar refractivity (Wildman–Crippen MR) is 66.6 cm³/mol. The first-order chi connectivity index (χ1) is 7.41. The van der Waals surface area contributed by atoms with Crippen molar-refractivity contribution in [3.8, 4) is 0 Å². The van der Waals surface area contributed by atoms with Crippen molar-refractivity contribution in [2.45, 2.75) is 38.1 Å². The highest BCUT2D eigenvalue weighted by molar-refractivity contribution is 5.31. The normalized spacial score (nSPS) is 19.2. The summed E-state index contributed by atoms with van der Waals surface area (Å²) < 4.78 is 5.41. The topological polar surface area (TPSA) is 35.2 Å². The van der Waals surface area contributed by atoms with E-state index in [-0.39, 0.29) is 11.0 Å². The lowest BCUT2D eigenvalue weighted by atomic mass is 9.71. The molecule has 0 bridgehead atoms. The van der Waals surface area contributed by atoms with Crippen molar-refractivity contribution in [1.29, 1.82) is 0 Å². The van der Waals surface area contributed by atoms with E-state index in [1.54, 1.807) is 0 Å². The van der Waals surface area contributed by atoms with E-state index in [1.165, 1.54) is 11.1 Å². The van der Waals surface area contributed by atoms with E-state index < -0.39 is 0 Å². The van der Waals surface area contributed by atoms with Crippen molar-refractivity contribution in [2.75, 3.05) is 13.2 Å². The Morgan fingerprint density at radius 1 is 1.25 bits per heavy atom. The van der Waals surface area contributed by atoms with Gasteiger partial charge in [0.1, 0.15) is 0 Å². The van der Waals surface area contributed by atoms with Crippen molar-refractivity contribution < 1.29 is 4.74 Å². The number of hydrogen-bond acceptors (Lipinski definition) is 2. The Morgan fingerprint density at radius 3 is 2.19 bits per heavy atom. The van der Waals surface area contributed by atoms with E-state index in [0.29, 0.717) is 0 Å². The van der Waals surface area contributed by atoms with Gasteiger partial charge < -0.3 is 10.5 Å². The molecule has 0 saturated carbocycles. The Labute approximate surface area is 97.8 Å². The molecular formula is C14H21NO. The predicted octanol–water partition coefficient (Wildman–Crippen LogP) is 2.39. The van der Waals surface area contributed by atoms with Gasteiger partial charge in [-0.2, -0.15) is 0 Å². The van der Waals surface area contributed by atoms with Crippen LogP contribution in [0.2, 0.25) is 0 Å². The molecule has 1 saturated heterocycles. The molecule has 1 heterocycles. The summed E-state index contributed by atoms with van der Waals surface area (Å²) in [7, 11) is 0. The molecule has 0 atom stereocenters. The van der Waals surface area contributed by atoms with Crippen molar-refractivity contribution >= 4 is 0 Å². The van der Waals surface area contributed by atoms with E-state index in [1.807, 2.05) is 0 Å². The van der Waals surface area contributed by atoms with Crippen LogP contribution in [-0.2, 0) is 10.2 Å². The van der Waals surface area contributed by atoms with Gasteiger partial charge in [0.2, 0.25) is 0 Å². The second-order valence-corrected chi connectivity index (χ2v) is 5.80. The maximum Gasteiger partial charge on any atom is 0.0586 e. The molecular weight excluding hydrogens is 198 g/mol. The number of benzene rings is 1. The SMILES string of the molecule is Cc1ccc(C2(CC(C)(C)N)COC2)cc1. The summed E-state index contributed by atoms with van der Waals surface area (Å²) in [5.74, 6) is 0. The van der Waals surface area contributed by atoms with Crippen molar-refractivity contribution in [3.63, 3.8) is 0 Å². The molecule has 2 rings (SSSR count). The van der Waals surface area contributed by atoms with Crippen LogP contribution in [0.3, 0.4) is 0 Å². The molecule has 16 heavy (non-hydrogen) atoms. The maximum absolute atomic E-state index is 6.14. The van der Waals surface area contributed by atoms with E-state index >= 15 is 0 Å². The molecule has 2 nitrogen and oxygen atoms in total. The average Bonchev–Trinajstić information content (AvgIpc) is 2.11. The standard InChI is InChI=1S/C14H21NO/c1-11-4-6-12(7-5-11)14(9-16-10-14)8-13(2,3)15/h4-7H,8-10,15H2,1-3H3.